The van der Waals surface area contributed by atoms with E-state index in [1.165, 1.54) is 66.2 Å². The van der Waals surface area contributed by atoms with Crippen molar-refractivity contribution in [1.29, 1.82) is 0 Å². The van der Waals surface area contributed by atoms with Gasteiger partial charge in [-0.05, 0) is 65.6 Å². The minimum atomic E-state index is -0.149. The summed E-state index contributed by atoms with van der Waals surface area (Å²) in [6, 6.07) is 11.8. The Morgan fingerprint density at radius 3 is 2.64 bits per heavy atom. The molecule has 0 spiro atoms. The van der Waals surface area contributed by atoms with Crippen LogP contribution in [0.15, 0.2) is 30.3 Å². The third kappa shape index (κ3) is 3.49. The Morgan fingerprint density at radius 2 is 1.82 bits per heavy atom. The Hall–Kier alpha value is -1.42. The summed E-state index contributed by atoms with van der Waals surface area (Å²) in [5.74, 6) is 0.817. The highest BCUT2D eigenvalue weighted by atomic mass is 16.3. The topological polar surface area (TPSA) is 26.7 Å². The summed E-state index contributed by atoms with van der Waals surface area (Å²) >= 11 is 0. The molecule has 1 saturated heterocycles. The number of hydrogen-bond donors (Lipinski definition) is 1. The molecule has 2 aliphatic heterocycles. The zero-order valence-corrected chi connectivity index (χ0v) is 17.2. The van der Waals surface area contributed by atoms with Gasteiger partial charge in [0.15, 0.2) is 0 Å². The Balaban J connectivity index is 1.45. The number of aliphatic hydroxyl groups excluding tert-OH is 1. The van der Waals surface area contributed by atoms with Crippen LogP contribution in [0.4, 0.5) is 0 Å². The molecule has 2 fully saturated rings. The summed E-state index contributed by atoms with van der Waals surface area (Å²) in [4.78, 5) is 5.20. The average molecular weight is 379 g/mol. The van der Waals surface area contributed by atoms with E-state index in [4.69, 9.17) is 0 Å². The fourth-order valence-corrected chi connectivity index (χ4v) is 5.93. The number of nitrogens with zero attached hydrogens (tertiary/aromatic N) is 2. The molecular weight excluding hydrogens is 344 g/mol. The molecule has 0 amide bonds. The van der Waals surface area contributed by atoms with Crippen molar-refractivity contribution < 1.29 is 5.11 Å². The molecule has 1 N–H and O–H groups in total. The summed E-state index contributed by atoms with van der Waals surface area (Å²) in [6.07, 6.45) is 7.11. The highest BCUT2D eigenvalue weighted by Gasteiger charge is 2.33. The lowest BCUT2D eigenvalue weighted by molar-refractivity contribution is 0.0178. The Bertz CT molecular complexity index is 848. The summed E-state index contributed by atoms with van der Waals surface area (Å²) in [5, 5.41) is 13.4. The van der Waals surface area contributed by atoms with E-state index in [9.17, 15) is 5.11 Å². The van der Waals surface area contributed by atoms with Gasteiger partial charge in [-0.25, -0.2) is 0 Å². The van der Waals surface area contributed by atoms with Crippen LogP contribution >= 0.6 is 0 Å². The van der Waals surface area contributed by atoms with Crippen molar-refractivity contribution in [3.63, 3.8) is 0 Å². The van der Waals surface area contributed by atoms with E-state index >= 15 is 0 Å². The average Bonchev–Trinajstić information content (AvgIpc) is 3.12. The molecule has 0 aromatic heterocycles. The largest absolute Gasteiger partial charge is 0.391 e. The fraction of sp³-hybridized carbons (Fsp3) is 0.600. The van der Waals surface area contributed by atoms with Gasteiger partial charge in [-0.2, -0.15) is 0 Å². The van der Waals surface area contributed by atoms with E-state index in [-0.39, 0.29) is 6.10 Å². The van der Waals surface area contributed by atoms with E-state index < -0.39 is 0 Å². The first kappa shape index (κ1) is 18.6. The molecule has 0 bridgehead atoms. The quantitative estimate of drug-likeness (QED) is 0.839. The van der Waals surface area contributed by atoms with E-state index in [1.807, 2.05) is 0 Å². The van der Waals surface area contributed by atoms with Gasteiger partial charge in [0.25, 0.3) is 0 Å². The predicted octanol–water partition coefficient (Wildman–Crippen LogP) is 4.69. The lowest BCUT2D eigenvalue weighted by Gasteiger charge is -2.34. The van der Waals surface area contributed by atoms with Gasteiger partial charge in [0, 0.05) is 32.2 Å². The third-order valence-corrected chi connectivity index (χ3v) is 7.37. The van der Waals surface area contributed by atoms with Crippen LogP contribution < -0.4 is 0 Å². The second-order valence-electron chi connectivity index (χ2n) is 9.53. The zero-order chi connectivity index (χ0) is 19.1. The molecule has 1 saturated carbocycles. The first-order chi connectivity index (χ1) is 13.7. The second-order valence-corrected chi connectivity index (χ2v) is 9.53. The van der Waals surface area contributed by atoms with Gasteiger partial charge in [-0.3, -0.25) is 9.80 Å². The molecule has 2 aromatic rings. The van der Waals surface area contributed by atoms with Crippen LogP contribution in [0, 0.1) is 5.92 Å². The third-order valence-electron chi connectivity index (χ3n) is 7.37. The van der Waals surface area contributed by atoms with Gasteiger partial charge in [0.1, 0.15) is 0 Å². The molecule has 1 aliphatic carbocycles. The first-order valence-corrected chi connectivity index (χ1v) is 11.4. The van der Waals surface area contributed by atoms with Crippen LogP contribution in [0.25, 0.3) is 10.8 Å². The van der Waals surface area contributed by atoms with Gasteiger partial charge >= 0.3 is 0 Å². The van der Waals surface area contributed by atoms with Crippen LogP contribution in [0.3, 0.4) is 0 Å². The Kier molecular flexibility index (Phi) is 5.17. The number of piperidine rings is 1. The van der Waals surface area contributed by atoms with Crippen LogP contribution in [-0.2, 0) is 19.6 Å². The van der Waals surface area contributed by atoms with Gasteiger partial charge in [-0.1, -0.05) is 50.1 Å². The van der Waals surface area contributed by atoms with Crippen molar-refractivity contribution in [1.82, 2.24) is 9.80 Å². The molecule has 3 atom stereocenters. The summed E-state index contributed by atoms with van der Waals surface area (Å²) < 4.78 is 0. The van der Waals surface area contributed by atoms with E-state index in [2.05, 4.69) is 47.1 Å². The summed E-state index contributed by atoms with van der Waals surface area (Å²) in [7, 11) is 0. The molecular formula is C25H34N2O. The lowest BCUT2D eigenvalue weighted by atomic mass is 9.91. The van der Waals surface area contributed by atoms with Crippen molar-refractivity contribution in [3.05, 3.63) is 47.0 Å². The number of benzene rings is 2. The normalized spacial score (nSPS) is 29.3. The SMILES string of the molecule is CC1CCCN(Cc2cc3c(c4ccccc24)CN(C2CCCCC2O)C3)C1. The maximum atomic E-state index is 10.6. The van der Waals surface area contributed by atoms with Gasteiger partial charge in [-0.15, -0.1) is 0 Å². The van der Waals surface area contributed by atoms with Crippen molar-refractivity contribution in [2.75, 3.05) is 13.1 Å². The Labute approximate surface area is 169 Å². The van der Waals surface area contributed by atoms with Crippen molar-refractivity contribution in [2.45, 2.75) is 77.2 Å². The maximum absolute atomic E-state index is 10.6. The molecule has 150 valence electrons. The van der Waals surface area contributed by atoms with Crippen LogP contribution in [0.1, 0.15) is 62.1 Å². The van der Waals surface area contributed by atoms with Crippen LogP contribution in [0.2, 0.25) is 0 Å². The molecule has 2 heterocycles. The Morgan fingerprint density at radius 1 is 1.00 bits per heavy atom. The van der Waals surface area contributed by atoms with Gasteiger partial charge < -0.3 is 5.11 Å². The number of aliphatic hydroxyl groups is 1. The monoisotopic (exact) mass is 378 g/mol. The molecule has 0 radical (unpaired) electrons. The predicted molar refractivity (Wildman–Crippen MR) is 115 cm³/mol. The molecule has 3 heteroatoms. The van der Waals surface area contributed by atoms with Gasteiger partial charge in [0.2, 0.25) is 0 Å². The smallest absolute Gasteiger partial charge is 0.0695 e. The molecule has 28 heavy (non-hydrogen) atoms. The minimum absolute atomic E-state index is 0.149. The fourth-order valence-electron chi connectivity index (χ4n) is 5.93. The van der Waals surface area contributed by atoms with Crippen LogP contribution in [0.5, 0.6) is 0 Å². The minimum Gasteiger partial charge on any atom is -0.391 e. The summed E-state index contributed by atoms with van der Waals surface area (Å²) in [6.45, 7) is 7.93. The van der Waals surface area contributed by atoms with Crippen molar-refractivity contribution >= 4 is 10.8 Å². The second kappa shape index (κ2) is 7.78. The maximum Gasteiger partial charge on any atom is 0.0695 e. The van der Waals surface area contributed by atoms with Crippen LogP contribution in [-0.4, -0.2) is 40.1 Å². The number of rotatable bonds is 3. The zero-order valence-electron chi connectivity index (χ0n) is 17.2. The highest BCUT2D eigenvalue weighted by Crippen LogP contribution is 2.37. The van der Waals surface area contributed by atoms with E-state index in [0.29, 0.717) is 6.04 Å². The first-order valence-electron chi connectivity index (χ1n) is 11.4. The molecule has 3 aliphatic rings. The highest BCUT2D eigenvalue weighted by molar-refractivity contribution is 5.90. The standard InChI is InChI=1S/C25H34N2O/c1-18-7-6-12-26(14-18)15-19-13-20-16-27(24-10-4-5-11-25(24)28)17-23(20)22-9-3-2-8-21(19)22/h2-3,8-9,13,18,24-25,28H,4-7,10-12,14-17H2,1H3. The molecule has 2 aromatic carbocycles. The van der Waals surface area contributed by atoms with Crippen molar-refractivity contribution in [3.8, 4) is 0 Å². The molecule has 3 unspecified atom stereocenters. The summed E-state index contributed by atoms with van der Waals surface area (Å²) in [5.41, 5.74) is 4.50. The molecule has 5 rings (SSSR count). The van der Waals surface area contributed by atoms with E-state index in [0.717, 1.165) is 38.4 Å². The number of likely N-dealkylation sites (tertiary alicyclic amines) is 1. The van der Waals surface area contributed by atoms with Crippen molar-refractivity contribution in [2.24, 2.45) is 5.92 Å². The lowest BCUT2D eigenvalue weighted by Crippen LogP contribution is -2.42. The van der Waals surface area contributed by atoms with Gasteiger partial charge in [0.05, 0.1) is 6.10 Å². The van der Waals surface area contributed by atoms with E-state index in [1.54, 1.807) is 0 Å². The molecule has 3 nitrogen and oxygen atoms in total. The number of fused-ring (bicyclic) bond motifs is 3. The number of hydrogen-bond acceptors (Lipinski definition) is 3.